The minimum Gasteiger partial charge on any atom is -0.392 e. The maximum Gasteiger partial charge on any atom is 0.0919 e. The van der Waals surface area contributed by atoms with Crippen molar-refractivity contribution in [3.05, 3.63) is 34.6 Å². The molecule has 1 aromatic carbocycles. The van der Waals surface area contributed by atoms with E-state index in [4.69, 9.17) is 5.11 Å². The van der Waals surface area contributed by atoms with E-state index < -0.39 is 0 Å². The van der Waals surface area contributed by atoms with Crippen LogP contribution < -0.4 is 0 Å². The second-order valence-corrected chi connectivity index (χ2v) is 3.83. The van der Waals surface area contributed by atoms with Crippen LogP contribution in [0.5, 0.6) is 0 Å². The van der Waals surface area contributed by atoms with Gasteiger partial charge in [-0.3, -0.25) is 0 Å². The van der Waals surface area contributed by atoms with Gasteiger partial charge in [0.1, 0.15) is 0 Å². The van der Waals surface area contributed by atoms with E-state index >= 15 is 0 Å². The Kier molecular flexibility index (Phi) is 2.40. The van der Waals surface area contributed by atoms with Crippen LogP contribution in [0.1, 0.15) is 22.5 Å². The number of fused-ring (bicyclic) bond motifs is 1. The molecule has 1 N–H and O–H groups in total. The molecule has 0 saturated carbocycles. The lowest BCUT2D eigenvalue weighted by Gasteiger charge is -2.06. The number of hydrogen-bond acceptors (Lipinski definition) is 3. The number of nitrogens with zero attached hydrogens (tertiary/aromatic N) is 2. The van der Waals surface area contributed by atoms with E-state index in [1.54, 1.807) is 0 Å². The van der Waals surface area contributed by atoms with Gasteiger partial charge in [-0.1, -0.05) is 6.07 Å². The summed E-state index contributed by atoms with van der Waals surface area (Å²) in [6.07, 6.45) is 0. The number of aliphatic hydroxyl groups excluding tert-OH is 1. The van der Waals surface area contributed by atoms with Gasteiger partial charge in [0.05, 0.1) is 29.0 Å². The first-order chi connectivity index (χ1) is 7.11. The Morgan fingerprint density at radius 3 is 2.40 bits per heavy atom. The lowest BCUT2D eigenvalue weighted by atomic mass is 10.1. The van der Waals surface area contributed by atoms with Gasteiger partial charge in [0.25, 0.3) is 0 Å². The van der Waals surface area contributed by atoms with Crippen molar-refractivity contribution in [1.82, 2.24) is 9.97 Å². The van der Waals surface area contributed by atoms with Crippen molar-refractivity contribution >= 4 is 11.0 Å². The first kappa shape index (κ1) is 10.1. The minimum absolute atomic E-state index is 0.0470. The maximum atomic E-state index is 9.10. The van der Waals surface area contributed by atoms with E-state index in [1.807, 2.05) is 32.9 Å². The molecule has 1 aromatic heterocycles. The summed E-state index contributed by atoms with van der Waals surface area (Å²) < 4.78 is 0. The predicted molar refractivity (Wildman–Crippen MR) is 59.7 cm³/mol. The molecule has 0 aliphatic carbocycles. The summed E-state index contributed by atoms with van der Waals surface area (Å²) in [5, 5.41) is 9.10. The van der Waals surface area contributed by atoms with Crippen LogP contribution in [0.25, 0.3) is 11.0 Å². The van der Waals surface area contributed by atoms with Crippen molar-refractivity contribution < 1.29 is 5.11 Å². The van der Waals surface area contributed by atoms with Gasteiger partial charge < -0.3 is 5.11 Å². The summed E-state index contributed by atoms with van der Waals surface area (Å²) in [5.74, 6) is 0. The molecule has 1 heterocycles. The third-order valence-corrected chi connectivity index (χ3v) is 2.61. The summed E-state index contributed by atoms with van der Waals surface area (Å²) in [6.45, 7) is 5.94. The number of aryl methyl sites for hydroxylation is 3. The number of rotatable bonds is 1. The Bertz CT molecular complexity index is 521. The summed E-state index contributed by atoms with van der Waals surface area (Å²) in [6, 6.07) is 3.84. The highest BCUT2D eigenvalue weighted by Gasteiger charge is 2.05. The second kappa shape index (κ2) is 3.59. The summed E-state index contributed by atoms with van der Waals surface area (Å²) >= 11 is 0. The van der Waals surface area contributed by atoms with Gasteiger partial charge in [0, 0.05) is 0 Å². The topological polar surface area (TPSA) is 46.0 Å². The first-order valence-corrected chi connectivity index (χ1v) is 4.97. The standard InChI is InChI=1S/C12H14N2O/c1-7-4-10(6-15)5-11-12(7)14-9(3)8(2)13-11/h4-5,15H,6H2,1-3H3. The van der Waals surface area contributed by atoms with Crippen LogP contribution in [0.4, 0.5) is 0 Å². The predicted octanol–water partition coefficient (Wildman–Crippen LogP) is 2.05. The highest BCUT2D eigenvalue weighted by atomic mass is 16.3. The van der Waals surface area contributed by atoms with Crippen LogP contribution in [0, 0.1) is 20.8 Å². The molecule has 0 aliphatic heterocycles. The molecule has 0 aliphatic rings. The van der Waals surface area contributed by atoms with E-state index in [-0.39, 0.29) is 6.61 Å². The molecule has 0 saturated heterocycles. The highest BCUT2D eigenvalue weighted by molar-refractivity contribution is 5.79. The van der Waals surface area contributed by atoms with E-state index in [0.717, 1.165) is 33.5 Å². The Balaban J connectivity index is 2.80. The Hall–Kier alpha value is -1.48. The van der Waals surface area contributed by atoms with Gasteiger partial charge in [-0.2, -0.15) is 0 Å². The van der Waals surface area contributed by atoms with Crippen molar-refractivity contribution in [3.63, 3.8) is 0 Å². The van der Waals surface area contributed by atoms with Gasteiger partial charge in [0.2, 0.25) is 0 Å². The van der Waals surface area contributed by atoms with Gasteiger partial charge in [0.15, 0.2) is 0 Å². The van der Waals surface area contributed by atoms with E-state index in [1.165, 1.54) is 0 Å². The molecule has 0 bridgehead atoms. The molecule has 0 spiro atoms. The van der Waals surface area contributed by atoms with Gasteiger partial charge in [-0.25, -0.2) is 9.97 Å². The molecule has 3 heteroatoms. The smallest absolute Gasteiger partial charge is 0.0919 e. The molecular formula is C12H14N2O. The van der Waals surface area contributed by atoms with E-state index in [0.29, 0.717) is 0 Å². The zero-order chi connectivity index (χ0) is 11.0. The van der Waals surface area contributed by atoms with Crippen LogP contribution >= 0.6 is 0 Å². The molecule has 15 heavy (non-hydrogen) atoms. The first-order valence-electron chi connectivity index (χ1n) is 4.97. The molecule has 2 aromatic rings. The van der Waals surface area contributed by atoms with Crippen molar-refractivity contribution in [2.75, 3.05) is 0 Å². The van der Waals surface area contributed by atoms with Crippen molar-refractivity contribution in [1.29, 1.82) is 0 Å². The fourth-order valence-electron chi connectivity index (χ4n) is 1.67. The fraction of sp³-hybridized carbons (Fsp3) is 0.333. The van der Waals surface area contributed by atoms with E-state index in [9.17, 15) is 0 Å². The second-order valence-electron chi connectivity index (χ2n) is 3.83. The van der Waals surface area contributed by atoms with Crippen molar-refractivity contribution in [3.8, 4) is 0 Å². The van der Waals surface area contributed by atoms with E-state index in [2.05, 4.69) is 9.97 Å². The molecule has 3 nitrogen and oxygen atoms in total. The van der Waals surface area contributed by atoms with Gasteiger partial charge >= 0.3 is 0 Å². The number of benzene rings is 1. The number of aromatic nitrogens is 2. The number of hydrogen-bond donors (Lipinski definition) is 1. The number of aliphatic hydroxyl groups is 1. The summed E-state index contributed by atoms with van der Waals surface area (Å²) in [5.41, 5.74) is 5.64. The third-order valence-electron chi connectivity index (χ3n) is 2.61. The SMILES string of the molecule is Cc1nc2cc(CO)cc(C)c2nc1C. The fourth-order valence-corrected chi connectivity index (χ4v) is 1.67. The average molecular weight is 202 g/mol. The molecule has 78 valence electrons. The van der Waals surface area contributed by atoms with Gasteiger partial charge in [-0.15, -0.1) is 0 Å². The molecular weight excluding hydrogens is 188 g/mol. The van der Waals surface area contributed by atoms with Crippen molar-refractivity contribution in [2.45, 2.75) is 27.4 Å². The lowest BCUT2D eigenvalue weighted by molar-refractivity contribution is 0.282. The Morgan fingerprint density at radius 2 is 1.73 bits per heavy atom. The minimum atomic E-state index is 0.0470. The molecule has 0 unspecified atom stereocenters. The van der Waals surface area contributed by atoms with Crippen LogP contribution in [0.2, 0.25) is 0 Å². The monoisotopic (exact) mass is 202 g/mol. The van der Waals surface area contributed by atoms with Crippen molar-refractivity contribution in [2.24, 2.45) is 0 Å². The summed E-state index contributed by atoms with van der Waals surface area (Å²) in [7, 11) is 0. The molecule has 0 amide bonds. The normalized spacial score (nSPS) is 10.9. The Morgan fingerprint density at radius 1 is 1.07 bits per heavy atom. The highest BCUT2D eigenvalue weighted by Crippen LogP contribution is 2.18. The average Bonchev–Trinajstić information content (AvgIpc) is 2.21. The Labute approximate surface area is 88.8 Å². The maximum absolute atomic E-state index is 9.10. The third kappa shape index (κ3) is 1.70. The van der Waals surface area contributed by atoms with Crippen LogP contribution in [-0.4, -0.2) is 15.1 Å². The zero-order valence-corrected chi connectivity index (χ0v) is 9.20. The molecule has 0 atom stereocenters. The molecule has 0 fully saturated rings. The van der Waals surface area contributed by atoms with Gasteiger partial charge in [-0.05, 0) is 38.0 Å². The zero-order valence-electron chi connectivity index (χ0n) is 9.20. The lowest BCUT2D eigenvalue weighted by Crippen LogP contribution is -1.96. The summed E-state index contributed by atoms with van der Waals surface area (Å²) in [4.78, 5) is 8.98. The largest absolute Gasteiger partial charge is 0.392 e. The quantitative estimate of drug-likeness (QED) is 0.769. The van der Waals surface area contributed by atoms with Crippen LogP contribution in [0.15, 0.2) is 12.1 Å². The molecule has 2 rings (SSSR count). The van der Waals surface area contributed by atoms with Crippen LogP contribution in [-0.2, 0) is 6.61 Å². The molecule has 0 radical (unpaired) electrons. The van der Waals surface area contributed by atoms with Crippen LogP contribution in [0.3, 0.4) is 0 Å².